The number of nitrogens with two attached hydrogens (primary N) is 1. The molecule has 4 nitrogen and oxygen atoms in total. The SMILES string of the molecule is CC(CN)CC(=O)N(C)CCCOc1ccccc1. The third kappa shape index (κ3) is 6.25. The Morgan fingerprint density at radius 3 is 2.68 bits per heavy atom. The lowest BCUT2D eigenvalue weighted by Crippen LogP contribution is -2.31. The monoisotopic (exact) mass is 264 g/mol. The summed E-state index contributed by atoms with van der Waals surface area (Å²) >= 11 is 0. The van der Waals surface area contributed by atoms with Gasteiger partial charge in [-0.25, -0.2) is 0 Å². The average molecular weight is 264 g/mol. The van der Waals surface area contributed by atoms with Gasteiger partial charge in [-0.05, 0) is 31.0 Å². The number of benzene rings is 1. The van der Waals surface area contributed by atoms with Gasteiger partial charge < -0.3 is 15.4 Å². The minimum absolute atomic E-state index is 0.151. The maximum absolute atomic E-state index is 11.8. The number of carbonyl (C=O) groups is 1. The van der Waals surface area contributed by atoms with Crippen LogP contribution in [0, 0.1) is 5.92 Å². The number of amides is 1. The van der Waals surface area contributed by atoms with Crippen molar-refractivity contribution >= 4 is 5.91 Å². The Balaban J connectivity index is 2.16. The smallest absolute Gasteiger partial charge is 0.222 e. The van der Waals surface area contributed by atoms with Crippen LogP contribution in [0.15, 0.2) is 30.3 Å². The molecule has 1 rings (SSSR count). The predicted octanol–water partition coefficient (Wildman–Crippen LogP) is 1.90. The molecule has 1 atom stereocenters. The van der Waals surface area contributed by atoms with E-state index in [2.05, 4.69) is 0 Å². The number of rotatable bonds is 8. The molecular weight excluding hydrogens is 240 g/mol. The van der Waals surface area contributed by atoms with Crippen molar-refractivity contribution < 1.29 is 9.53 Å². The van der Waals surface area contributed by atoms with Gasteiger partial charge in [-0.1, -0.05) is 25.1 Å². The second-order valence-corrected chi connectivity index (χ2v) is 4.88. The molecule has 0 spiro atoms. The highest BCUT2D eigenvalue weighted by Gasteiger charge is 2.11. The molecule has 19 heavy (non-hydrogen) atoms. The van der Waals surface area contributed by atoms with Gasteiger partial charge >= 0.3 is 0 Å². The molecule has 2 N–H and O–H groups in total. The molecule has 1 unspecified atom stereocenters. The van der Waals surface area contributed by atoms with E-state index in [1.165, 1.54) is 0 Å². The Kier molecular flexibility index (Phi) is 6.97. The van der Waals surface area contributed by atoms with E-state index in [1.807, 2.05) is 44.3 Å². The highest BCUT2D eigenvalue weighted by atomic mass is 16.5. The van der Waals surface area contributed by atoms with E-state index in [9.17, 15) is 4.79 Å². The first-order valence-electron chi connectivity index (χ1n) is 6.75. The summed E-state index contributed by atoms with van der Waals surface area (Å²) in [5.41, 5.74) is 5.52. The summed E-state index contributed by atoms with van der Waals surface area (Å²) in [6.45, 7) is 3.87. The zero-order chi connectivity index (χ0) is 14.1. The Hall–Kier alpha value is -1.55. The zero-order valence-electron chi connectivity index (χ0n) is 11.8. The fourth-order valence-electron chi connectivity index (χ4n) is 1.67. The van der Waals surface area contributed by atoms with Gasteiger partial charge in [0.2, 0.25) is 5.91 Å². The normalized spacial score (nSPS) is 11.9. The van der Waals surface area contributed by atoms with Gasteiger partial charge in [0, 0.05) is 20.0 Å². The highest BCUT2D eigenvalue weighted by Crippen LogP contribution is 2.08. The summed E-state index contributed by atoms with van der Waals surface area (Å²) in [5.74, 6) is 1.27. The number of hydrogen-bond acceptors (Lipinski definition) is 3. The molecule has 0 aromatic heterocycles. The fraction of sp³-hybridized carbons (Fsp3) is 0.533. The third-order valence-electron chi connectivity index (χ3n) is 3.00. The lowest BCUT2D eigenvalue weighted by molar-refractivity contribution is -0.130. The number of ether oxygens (including phenoxy) is 1. The van der Waals surface area contributed by atoms with Crippen LogP contribution in [0.5, 0.6) is 5.75 Å². The van der Waals surface area contributed by atoms with Crippen molar-refractivity contribution in [3.63, 3.8) is 0 Å². The average Bonchev–Trinajstić information content (AvgIpc) is 2.44. The van der Waals surface area contributed by atoms with E-state index >= 15 is 0 Å². The molecular formula is C15H24N2O2. The fourth-order valence-corrected chi connectivity index (χ4v) is 1.67. The van der Waals surface area contributed by atoms with Crippen LogP contribution in [0.3, 0.4) is 0 Å². The number of para-hydroxylation sites is 1. The van der Waals surface area contributed by atoms with Crippen LogP contribution in [0.25, 0.3) is 0 Å². The van der Waals surface area contributed by atoms with Crippen LogP contribution in [0.4, 0.5) is 0 Å². The minimum Gasteiger partial charge on any atom is -0.494 e. The topological polar surface area (TPSA) is 55.6 Å². The van der Waals surface area contributed by atoms with E-state index < -0.39 is 0 Å². The zero-order valence-corrected chi connectivity index (χ0v) is 11.8. The number of carbonyl (C=O) groups excluding carboxylic acids is 1. The molecule has 0 heterocycles. The molecule has 0 saturated heterocycles. The first kappa shape index (κ1) is 15.5. The number of hydrogen-bond donors (Lipinski definition) is 1. The molecule has 0 saturated carbocycles. The van der Waals surface area contributed by atoms with E-state index in [1.54, 1.807) is 4.90 Å². The van der Waals surface area contributed by atoms with Gasteiger partial charge in [0.1, 0.15) is 5.75 Å². The molecule has 4 heteroatoms. The van der Waals surface area contributed by atoms with E-state index in [0.717, 1.165) is 12.2 Å². The van der Waals surface area contributed by atoms with Crippen molar-refractivity contribution in [2.24, 2.45) is 11.7 Å². The van der Waals surface area contributed by atoms with Gasteiger partial charge in [0.15, 0.2) is 0 Å². The molecule has 0 fully saturated rings. The molecule has 0 aliphatic rings. The lowest BCUT2D eigenvalue weighted by Gasteiger charge is -2.19. The molecule has 0 radical (unpaired) electrons. The summed E-state index contributed by atoms with van der Waals surface area (Å²) in [6, 6.07) is 9.70. The molecule has 1 aromatic carbocycles. The maximum Gasteiger partial charge on any atom is 0.222 e. The third-order valence-corrected chi connectivity index (χ3v) is 3.00. The van der Waals surface area contributed by atoms with Gasteiger partial charge in [-0.2, -0.15) is 0 Å². The molecule has 0 aliphatic carbocycles. The van der Waals surface area contributed by atoms with Gasteiger partial charge in [0.05, 0.1) is 6.61 Å². The summed E-state index contributed by atoms with van der Waals surface area (Å²) in [5, 5.41) is 0. The van der Waals surface area contributed by atoms with Crippen LogP contribution in [-0.2, 0) is 4.79 Å². The van der Waals surface area contributed by atoms with Crippen molar-refractivity contribution in [3.05, 3.63) is 30.3 Å². The van der Waals surface area contributed by atoms with Crippen LogP contribution in [0.2, 0.25) is 0 Å². The Bertz CT molecular complexity index is 368. The first-order valence-corrected chi connectivity index (χ1v) is 6.75. The molecule has 1 amide bonds. The van der Waals surface area contributed by atoms with E-state index in [4.69, 9.17) is 10.5 Å². The van der Waals surface area contributed by atoms with E-state index in [0.29, 0.717) is 26.1 Å². The minimum atomic E-state index is 0.151. The van der Waals surface area contributed by atoms with Gasteiger partial charge in [-0.3, -0.25) is 4.79 Å². The standard InChI is InChI=1S/C15H24N2O2/c1-13(12-16)11-15(18)17(2)9-6-10-19-14-7-4-3-5-8-14/h3-5,7-8,13H,6,9-12,16H2,1-2H3. The molecule has 0 aliphatic heterocycles. The lowest BCUT2D eigenvalue weighted by atomic mass is 10.1. The second kappa shape index (κ2) is 8.53. The Morgan fingerprint density at radius 1 is 1.37 bits per heavy atom. The van der Waals surface area contributed by atoms with E-state index in [-0.39, 0.29) is 11.8 Å². The first-order chi connectivity index (χ1) is 9.13. The summed E-state index contributed by atoms with van der Waals surface area (Å²) in [4.78, 5) is 13.6. The quantitative estimate of drug-likeness (QED) is 0.730. The Morgan fingerprint density at radius 2 is 2.05 bits per heavy atom. The largest absolute Gasteiger partial charge is 0.494 e. The predicted molar refractivity (Wildman–Crippen MR) is 77.0 cm³/mol. The van der Waals surface area contributed by atoms with Crippen LogP contribution < -0.4 is 10.5 Å². The van der Waals surface area contributed by atoms with Gasteiger partial charge in [0.25, 0.3) is 0 Å². The van der Waals surface area contributed by atoms with Crippen molar-refractivity contribution in [2.45, 2.75) is 19.8 Å². The van der Waals surface area contributed by atoms with Crippen LogP contribution in [-0.4, -0.2) is 37.6 Å². The van der Waals surface area contributed by atoms with Crippen molar-refractivity contribution in [1.82, 2.24) is 4.90 Å². The second-order valence-electron chi connectivity index (χ2n) is 4.88. The molecule has 106 valence electrons. The highest BCUT2D eigenvalue weighted by molar-refractivity contribution is 5.76. The van der Waals surface area contributed by atoms with Crippen LogP contribution in [0.1, 0.15) is 19.8 Å². The van der Waals surface area contributed by atoms with Crippen LogP contribution >= 0.6 is 0 Å². The van der Waals surface area contributed by atoms with Crippen molar-refractivity contribution in [2.75, 3.05) is 26.7 Å². The summed E-state index contributed by atoms with van der Waals surface area (Å²) in [7, 11) is 1.83. The summed E-state index contributed by atoms with van der Waals surface area (Å²) < 4.78 is 5.58. The molecule has 1 aromatic rings. The maximum atomic E-state index is 11.8. The van der Waals surface area contributed by atoms with Crippen molar-refractivity contribution in [1.29, 1.82) is 0 Å². The number of nitrogens with zero attached hydrogens (tertiary/aromatic N) is 1. The Labute approximate surface area is 115 Å². The molecule has 0 bridgehead atoms. The summed E-state index contributed by atoms with van der Waals surface area (Å²) in [6.07, 6.45) is 1.35. The van der Waals surface area contributed by atoms with Crippen molar-refractivity contribution in [3.8, 4) is 5.75 Å². The van der Waals surface area contributed by atoms with Gasteiger partial charge in [-0.15, -0.1) is 0 Å².